The van der Waals surface area contributed by atoms with Gasteiger partial charge in [-0.05, 0) is 37.3 Å². The van der Waals surface area contributed by atoms with Crippen molar-refractivity contribution in [3.8, 4) is 0 Å². The van der Waals surface area contributed by atoms with E-state index in [0.717, 1.165) is 18.7 Å². The summed E-state index contributed by atoms with van der Waals surface area (Å²) in [5.74, 6) is 1.08. The summed E-state index contributed by atoms with van der Waals surface area (Å²) in [6.07, 6.45) is 9.75. The molecule has 0 amide bonds. The van der Waals surface area contributed by atoms with Crippen molar-refractivity contribution >= 4 is 0 Å². The van der Waals surface area contributed by atoms with Crippen LogP contribution in [0.4, 0.5) is 0 Å². The molecule has 2 heteroatoms. The molecule has 0 aliphatic heterocycles. The molecule has 1 N–H and O–H groups in total. The highest BCUT2D eigenvalue weighted by atomic mass is 16.3. The molecule has 1 aromatic heterocycles. The second kappa shape index (κ2) is 5.72. The lowest BCUT2D eigenvalue weighted by Gasteiger charge is -2.34. The highest BCUT2D eigenvalue weighted by Gasteiger charge is 2.26. The average molecular weight is 235 g/mol. The zero-order valence-corrected chi connectivity index (χ0v) is 11.2. The Balaban J connectivity index is 1.73. The first kappa shape index (κ1) is 12.7. The summed E-state index contributed by atoms with van der Waals surface area (Å²) in [7, 11) is 0. The van der Waals surface area contributed by atoms with E-state index in [1.165, 1.54) is 32.1 Å². The van der Waals surface area contributed by atoms with E-state index in [-0.39, 0.29) is 0 Å². The van der Waals surface area contributed by atoms with Gasteiger partial charge < -0.3 is 9.73 Å². The normalized spacial score (nSPS) is 21.3. The van der Waals surface area contributed by atoms with Gasteiger partial charge in [-0.2, -0.15) is 0 Å². The van der Waals surface area contributed by atoms with E-state index < -0.39 is 0 Å². The van der Waals surface area contributed by atoms with Crippen LogP contribution in [0.3, 0.4) is 0 Å². The minimum Gasteiger partial charge on any atom is -0.469 e. The van der Waals surface area contributed by atoms with E-state index in [2.05, 4.69) is 25.2 Å². The first-order valence-corrected chi connectivity index (χ1v) is 6.94. The van der Waals surface area contributed by atoms with Gasteiger partial charge in [0.1, 0.15) is 5.76 Å². The van der Waals surface area contributed by atoms with Crippen LogP contribution in [0.15, 0.2) is 22.8 Å². The number of hydrogen-bond acceptors (Lipinski definition) is 2. The van der Waals surface area contributed by atoms with Gasteiger partial charge in [0.05, 0.1) is 6.26 Å². The third kappa shape index (κ3) is 3.88. The molecule has 1 aromatic rings. The van der Waals surface area contributed by atoms with Crippen molar-refractivity contribution in [1.82, 2.24) is 5.32 Å². The van der Waals surface area contributed by atoms with E-state index in [4.69, 9.17) is 4.42 Å². The Bertz CT molecular complexity index is 312. The van der Waals surface area contributed by atoms with Gasteiger partial charge >= 0.3 is 0 Å². The molecule has 1 heterocycles. The van der Waals surface area contributed by atoms with Crippen molar-refractivity contribution in [2.75, 3.05) is 6.54 Å². The molecule has 1 unspecified atom stereocenters. The summed E-state index contributed by atoms with van der Waals surface area (Å²) in [5, 5.41) is 3.67. The molecule has 0 spiro atoms. The van der Waals surface area contributed by atoms with Gasteiger partial charge in [-0.1, -0.05) is 26.2 Å². The van der Waals surface area contributed by atoms with Crippen molar-refractivity contribution in [3.63, 3.8) is 0 Å². The van der Waals surface area contributed by atoms with Crippen molar-refractivity contribution < 1.29 is 4.42 Å². The maximum Gasteiger partial charge on any atom is 0.105 e. The molecule has 0 saturated heterocycles. The second-order valence-electron chi connectivity index (χ2n) is 5.94. The van der Waals surface area contributed by atoms with Crippen LogP contribution in [0.1, 0.15) is 51.7 Å². The van der Waals surface area contributed by atoms with E-state index in [1.54, 1.807) is 6.26 Å². The Hall–Kier alpha value is -0.760. The maximum absolute atomic E-state index is 5.38. The standard InChI is InChI=1S/C15H25NO/c1-13(11-14-7-6-10-17-14)16-12-15(2)8-4-3-5-9-15/h6-7,10,13,16H,3-5,8-9,11-12H2,1-2H3. The van der Waals surface area contributed by atoms with Crippen molar-refractivity contribution in [1.29, 1.82) is 0 Å². The van der Waals surface area contributed by atoms with Crippen molar-refractivity contribution in [2.45, 2.75) is 58.4 Å². The first-order valence-electron chi connectivity index (χ1n) is 6.94. The third-order valence-electron chi connectivity index (χ3n) is 4.03. The molecule has 2 nitrogen and oxygen atoms in total. The fraction of sp³-hybridized carbons (Fsp3) is 0.733. The number of nitrogens with one attached hydrogen (secondary N) is 1. The monoisotopic (exact) mass is 235 g/mol. The molecule has 0 radical (unpaired) electrons. The summed E-state index contributed by atoms with van der Waals surface area (Å²) < 4.78 is 5.38. The van der Waals surface area contributed by atoms with Crippen LogP contribution in [-0.2, 0) is 6.42 Å². The van der Waals surface area contributed by atoms with Gasteiger partial charge in [0.25, 0.3) is 0 Å². The summed E-state index contributed by atoms with van der Waals surface area (Å²) in [6, 6.07) is 4.52. The summed E-state index contributed by atoms with van der Waals surface area (Å²) in [4.78, 5) is 0. The quantitative estimate of drug-likeness (QED) is 0.840. The highest BCUT2D eigenvalue weighted by molar-refractivity contribution is 5.00. The van der Waals surface area contributed by atoms with Crippen molar-refractivity contribution in [3.05, 3.63) is 24.2 Å². The van der Waals surface area contributed by atoms with Crippen LogP contribution in [-0.4, -0.2) is 12.6 Å². The van der Waals surface area contributed by atoms with Crippen LogP contribution >= 0.6 is 0 Å². The van der Waals surface area contributed by atoms with Gasteiger partial charge in [0.15, 0.2) is 0 Å². The molecule has 1 aliphatic rings. The average Bonchev–Trinajstić information content (AvgIpc) is 2.80. The third-order valence-corrected chi connectivity index (χ3v) is 4.03. The molecule has 0 bridgehead atoms. The first-order chi connectivity index (χ1) is 8.18. The zero-order chi connectivity index (χ0) is 12.1. The summed E-state index contributed by atoms with van der Waals surface area (Å²) in [6.45, 7) is 5.82. The minimum atomic E-state index is 0.500. The van der Waals surface area contributed by atoms with Gasteiger partial charge in [0, 0.05) is 19.0 Å². The SMILES string of the molecule is CC(Cc1ccco1)NCC1(C)CCCCC1. The fourth-order valence-electron chi connectivity index (χ4n) is 2.81. The Kier molecular flexibility index (Phi) is 4.27. The van der Waals surface area contributed by atoms with Crippen LogP contribution in [0.25, 0.3) is 0 Å². The molecule has 1 fully saturated rings. The summed E-state index contributed by atoms with van der Waals surface area (Å²) in [5.41, 5.74) is 0.523. The zero-order valence-electron chi connectivity index (χ0n) is 11.2. The Labute approximate surface area is 105 Å². The topological polar surface area (TPSA) is 25.2 Å². The Morgan fingerprint density at radius 3 is 2.76 bits per heavy atom. The molecular weight excluding hydrogens is 210 g/mol. The maximum atomic E-state index is 5.38. The lowest BCUT2D eigenvalue weighted by atomic mass is 9.75. The number of furan rings is 1. The second-order valence-corrected chi connectivity index (χ2v) is 5.94. The van der Waals surface area contributed by atoms with Crippen LogP contribution in [0, 0.1) is 5.41 Å². The smallest absolute Gasteiger partial charge is 0.105 e. The molecule has 1 atom stereocenters. The number of rotatable bonds is 5. The molecule has 17 heavy (non-hydrogen) atoms. The largest absolute Gasteiger partial charge is 0.469 e. The van der Waals surface area contributed by atoms with E-state index in [9.17, 15) is 0 Å². The van der Waals surface area contributed by atoms with Gasteiger partial charge in [0.2, 0.25) is 0 Å². The van der Waals surface area contributed by atoms with Crippen molar-refractivity contribution in [2.24, 2.45) is 5.41 Å². The minimum absolute atomic E-state index is 0.500. The number of hydrogen-bond donors (Lipinski definition) is 1. The predicted molar refractivity (Wildman–Crippen MR) is 71.1 cm³/mol. The van der Waals surface area contributed by atoms with Gasteiger partial charge in [-0.15, -0.1) is 0 Å². The van der Waals surface area contributed by atoms with Crippen LogP contribution in [0.2, 0.25) is 0 Å². The van der Waals surface area contributed by atoms with E-state index >= 15 is 0 Å². The Morgan fingerprint density at radius 1 is 1.35 bits per heavy atom. The van der Waals surface area contributed by atoms with E-state index in [1.807, 2.05) is 6.07 Å². The summed E-state index contributed by atoms with van der Waals surface area (Å²) >= 11 is 0. The molecular formula is C15H25NO. The van der Waals surface area contributed by atoms with E-state index in [0.29, 0.717) is 11.5 Å². The highest BCUT2D eigenvalue weighted by Crippen LogP contribution is 2.35. The van der Waals surface area contributed by atoms with Gasteiger partial charge in [-0.3, -0.25) is 0 Å². The van der Waals surface area contributed by atoms with Gasteiger partial charge in [-0.25, -0.2) is 0 Å². The van der Waals surface area contributed by atoms with Crippen LogP contribution < -0.4 is 5.32 Å². The Morgan fingerprint density at radius 2 is 2.12 bits per heavy atom. The molecule has 2 rings (SSSR count). The van der Waals surface area contributed by atoms with Crippen LogP contribution in [0.5, 0.6) is 0 Å². The fourth-order valence-corrected chi connectivity index (χ4v) is 2.81. The predicted octanol–water partition coefficient (Wildman–Crippen LogP) is 3.77. The lowest BCUT2D eigenvalue weighted by Crippen LogP contribution is -2.39. The molecule has 1 saturated carbocycles. The molecule has 0 aromatic carbocycles. The lowest BCUT2D eigenvalue weighted by molar-refractivity contribution is 0.200. The molecule has 96 valence electrons. The molecule has 1 aliphatic carbocycles.